The first-order valence-electron chi connectivity index (χ1n) is 17.0. The maximum absolute atomic E-state index is 14.3. The third-order valence-electron chi connectivity index (χ3n) is 12.9. The quantitative estimate of drug-likeness (QED) is 0.169. The number of para-hydroxylation sites is 2. The predicted octanol–water partition coefficient (Wildman–Crippen LogP) is 7.23. The number of aliphatic hydroxyl groups is 2. The zero-order valence-corrected chi connectivity index (χ0v) is 28.6. The zero-order valence-electron chi connectivity index (χ0n) is 28.6. The van der Waals surface area contributed by atoms with Crippen molar-refractivity contribution >= 4 is 17.6 Å². The van der Waals surface area contributed by atoms with Gasteiger partial charge in [0, 0.05) is 12.5 Å². The van der Waals surface area contributed by atoms with Crippen molar-refractivity contribution in [2.75, 3.05) is 12.4 Å². The average molecular weight is 622 g/mol. The summed E-state index contributed by atoms with van der Waals surface area (Å²) in [4.78, 5) is 26.9. The zero-order chi connectivity index (χ0) is 32.9. The third kappa shape index (κ3) is 5.66. The van der Waals surface area contributed by atoms with Crippen LogP contribution in [0.4, 0.5) is 5.69 Å². The first kappa shape index (κ1) is 33.7. The number of esters is 1. The van der Waals surface area contributed by atoms with E-state index in [1.54, 1.807) is 7.11 Å². The first-order chi connectivity index (χ1) is 21.2. The summed E-state index contributed by atoms with van der Waals surface area (Å²) in [5.41, 5.74) is 2.64. The van der Waals surface area contributed by atoms with E-state index in [2.05, 4.69) is 52.9 Å². The number of hydrogen-bond donors (Lipinski definition) is 3. The third-order valence-corrected chi connectivity index (χ3v) is 12.9. The highest BCUT2D eigenvalue weighted by atomic mass is 16.5. The summed E-state index contributed by atoms with van der Waals surface area (Å²) in [6, 6.07) is 7.38. The van der Waals surface area contributed by atoms with Crippen LogP contribution in [0.5, 0.6) is 5.75 Å². The molecule has 4 saturated carbocycles. The number of ether oxygens (including phenoxy) is 2. The number of hydrogen-bond acceptors (Lipinski definition) is 6. The van der Waals surface area contributed by atoms with Crippen molar-refractivity contribution in [2.45, 2.75) is 118 Å². The summed E-state index contributed by atoms with van der Waals surface area (Å²) >= 11 is 0. The molecule has 1 aromatic rings. The number of aliphatic hydroxyl groups excluding tert-OH is 2. The van der Waals surface area contributed by atoms with Crippen LogP contribution in [0.25, 0.3) is 0 Å². The number of carbonyl (C=O) groups is 2. The highest BCUT2D eigenvalue weighted by Crippen LogP contribution is 2.74. The van der Waals surface area contributed by atoms with Crippen LogP contribution < -0.4 is 10.1 Å². The maximum Gasteiger partial charge on any atom is 0.303 e. The molecule has 3 N–H and O–H groups in total. The molecule has 4 aliphatic carbocycles. The topological polar surface area (TPSA) is 105 Å². The van der Waals surface area contributed by atoms with E-state index < -0.39 is 12.2 Å². The second-order valence-electron chi connectivity index (χ2n) is 15.5. The fourth-order valence-corrected chi connectivity index (χ4v) is 10.7. The second kappa shape index (κ2) is 12.5. The van der Waals surface area contributed by atoms with Gasteiger partial charge in [-0.1, -0.05) is 51.5 Å². The van der Waals surface area contributed by atoms with E-state index in [-0.39, 0.29) is 52.0 Å². The predicted molar refractivity (Wildman–Crippen MR) is 177 cm³/mol. The van der Waals surface area contributed by atoms with Gasteiger partial charge in [-0.3, -0.25) is 9.59 Å². The molecule has 0 aromatic heterocycles. The molecule has 0 saturated heterocycles. The summed E-state index contributed by atoms with van der Waals surface area (Å²) in [5, 5.41) is 26.1. The Balaban J connectivity index is 1.63. The maximum atomic E-state index is 14.3. The lowest BCUT2D eigenvalue weighted by atomic mass is 9.36. The van der Waals surface area contributed by atoms with Crippen molar-refractivity contribution in [3.05, 3.63) is 47.1 Å². The summed E-state index contributed by atoms with van der Waals surface area (Å²) < 4.78 is 11.7. The van der Waals surface area contributed by atoms with E-state index in [0.29, 0.717) is 48.6 Å². The lowest BCUT2D eigenvalue weighted by Gasteiger charge is -2.69. The van der Waals surface area contributed by atoms with Gasteiger partial charge in [-0.25, -0.2) is 0 Å². The van der Waals surface area contributed by atoms with Crippen molar-refractivity contribution in [2.24, 2.45) is 39.9 Å². The van der Waals surface area contributed by atoms with Crippen LogP contribution in [-0.4, -0.2) is 47.5 Å². The molecule has 4 fully saturated rings. The molecule has 0 heterocycles. The average Bonchev–Trinajstić information content (AvgIpc) is 3.24. The molecule has 45 heavy (non-hydrogen) atoms. The minimum absolute atomic E-state index is 0.0498. The highest BCUT2D eigenvalue weighted by molar-refractivity contribution is 6.05. The van der Waals surface area contributed by atoms with Crippen LogP contribution in [0.1, 0.15) is 99.8 Å². The molecule has 5 rings (SSSR count). The minimum atomic E-state index is -0.564. The Morgan fingerprint density at radius 1 is 1.02 bits per heavy atom. The van der Waals surface area contributed by atoms with Crippen LogP contribution in [0.2, 0.25) is 0 Å². The Kier molecular flexibility index (Phi) is 9.38. The summed E-state index contributed by atoms with van der Waals surface area (Å²) in [6.45, 7) is 14.8. The molecule has 0 spiro atoms. The molecule has 4 aliphatic rings. The van der Waals surface area contributed by atoms with Crippen LogP contribution >= 0.6 is 0 Å². The Labute approximate surface area is 269 Å². The monoisotopic (exact) mass is 621 g/mol. The number of rotatable bonds is 7. The van der Waals surface area contributed by atoms with Gasteiger partial charge in [0.25, 0.3) is 5.91 Å². The van der Waals surface area contributed by atoms with Gasteiger partial charge in [0.05, 0.1) is 25.0 Å². The van der Waals surface area contributed by atoms with Crippen molar-refractivity contribution < 1.29 is 29.3 Å². The number of benzene rings is 1. The van der Waals surface area contributed by atoms with E-state index >= 15 is 0 Å². The van der Waals surface area contributed by atoms with Crippen molar-refractivity contribution in [1.29, 1.82) is 0 Å². The van der Waals surface area contributed by atoms with Gasteiger partial charge >= 0.3 is 5.97 Å². The van der Waals surface area contributed by atoms with E-state index in [0.717, 1.165) is 31.3 Å². The molecule has 0 unspecified atom stereocenters. The molecular formula is C38H55NO6. The minimum Gasteiger partial charge on any atom is -0.495 e. The van der Waals surface area contributed by atoms with Gasteiger partial charge in [0.2, 0.25) is 0 Å². The molecule has 248 valence electrons. The molecule has 10 atom stereocenters. The SMILES string of the molecule is COc1ccccc1NC(=O)/C(CCC=C(C)C)=C1\[C@@H](OC(C)=O)C[C@@]2(C)[C@H]1C[C@@H](O)[C@H]1[C@@]3(C)CC[C@@H](O)[C@@H](C)[C@@H]3CC[C@@]12C. The molecule has 7 heteroatoms. The summed E-state index contributed by atoms with van der Waals surface area (Å²) in [5.74, 6) is 0.476. The normalized spacial score (nSPS) is 39.9. The molecular weight excluding hydrogens is 566 g/mol. The van der Waals surface area contributed by atoms with Crippen LogP contribution in [0.3, 0.4) is 0 Å². The molecule has 1 amide bonds. The Morgan fingerprint density at radius 2 is 1.73 bits per heavy atom. The Morgan fingerprint density at radius 3 is 2.40 bits per heavy atom. The lowest BCUT2D eigenvalue weighted by Crippen LogP contribution is -2.65. The fraction of sp³-hybridized carbons (Fsp3) is 0.684. The van der Waals surface area contributed by atoms with Crippen molar-refractivity contribution in [3.8, 4) is 5.75 Å². The van der Waals surface area contributed by atoms with Gasteiger partial charge in [-0.2, -0.15) is 0 Å². The molecule has 0 bridgehead atoms. The standard InChI is InChI=1S/C38H55NO6/c1-22(2)12-11-13-25(35(43)39-28-14-9-10-15-31(28)44-8)33-27-20-30(42)34-36(5)18-17-29(41)23(3)26(36)16-19-37(34,6)38(27,7)21-32(33)45-24(4)40/h9-10,12,14-15,23,26-27,29-30,32,34,41-42H,11,13,16-21H2,1-8H3,(H,39,43)/b33-25-/t23-,26-,27-,29+,30+,32-,34-,36-,37-,38-/m0/s1. The van der Waals surface area contributed by atoms with Crippen molar-refractivity contribution in [3.63, 3.8) is 0 Å². The number of methoxy groups -OCH3 is 1. The first-order valence-corrected chi connectivity index (χ1v) is 17.0. The van der Waals surface area contributed by atoms with Gasteiger partial charge in [-0.05, 0) is 123 Å². The number of allylic oxidation sites excluding steroid dienone is 2. The summed E-state index contributed by atoms with van der Waals surface area (Å²) in [7, 11) is 1.59. The number of fused-ring (bicyclic) bond motifs is 5. The fourth-order valence-electron chi connectivity index (χ4n) is 10.7. The Bertz CT molecular complexity index is 1360. The number of amides is 1. The van der Waals surface area contributed by atoms with E-state index in [9.17, 15) is 19.8 Å². The van der Waals surface area contributed by atoms with Crippen molar-refractivity contribution in [1.82, 2.24) is 0 Å². The van der Waals surface area contributed by atoms with E-state index in [4.69, 9.17) is 9.47 Å². The van der Waals surface area contributed by atoms with Gasteiger partial charge in [-0.15, -0.1) is 0 Å². The van der Waals surface area contributed by atoms with Gasteiger partial charge in [0.1, 0.15) is 11.9 Å². The van der Waals surface area contributed by atoms with E-state index in [1.165, 1.54) is 12.5 Å². The smallest absolute Gasteiger partial charge is 0.303 e. The number of carbonyl (C=O) groups excluding carboxylic acids is 2. The molecule has 1 aromatic carbocycles. The lowest BCUT2D eigenvalue weighted by molar-refractivity contribution is -0.234. The number of anilines is 1. The van der Waals surface area contributed by atoms with E-state index in [1.807, 2.05) is 24.3 Å². The largest absolute Gasteiger partial charge is 0.495 e. The van der Waals surface area contributed by atoms with Gasteiger partial charge in [0.15, 0.2) is 0 Å². The Hall–Kier alpha value is -2.64. The van der Waals surface area contributed by atoms with Gasteiger partial charge < -0.3 is 25.0 Å². The molecule has 0 radical (unpaired) electrons. The number of nitrogens with one attached hydrogen (secondary N) is 1. The van der Waals surface area contributed by atoms with Crippen LogP contribution in [0, 0.1) is 39.9 Å². The molecule has 0 aliphatic heterocycles. The summed E-state index contributed by atoms with van der Waals surface area (Å²) in [6.07, 6.45) is 6.64. The molecule has 7 nitrogen and oxygen atoms in total. The van der Waals surface area contributed by atoms with Crippen LogP contribution in [0.15, 0.2) is 47.1 Å². The second-order valence-corrected chi connectivity index (χ2v) is 15.5. The van der Waals surface area contributed by atoms with Crippen LogP contribution in [-0.2, 0) is 14.3 Å². The highest BCUT2D eigenvalue weighted by Gasteiger charge is 2.70.